The van der Waals surface area contributed by atoms with Gasteiger partial charge in [-0.25, -0.2) is 0 Å². The van der Waals surface area contributed by atoms with Crippen molar-refractivity contribution in [2.24, 2.45) is 17.6 Å². The summed E-state index contributed by atoms with van der Waals surface area (Å²) in [5.74, 6) is 1.51. The molecule has 0 radical (unpaired) electrons. The molecule has 2 aliphatic carbocycles. The molecule has 0 aromatic carbocycles. The standard InChI is InChI=1S/C14H26N2O.ClH/c15-10-13(12-7-2-1-3-8-12)16-14(17)9-11-5-4-6-11;/h11-13H,1-10,15H2,(H,16,17);1H. The molecule has 0 bridgehead atoms. The zero-order valence-electron chi connectivity index (χ0n) is 11.2. The van der Waals surface area contributed by atoms with E-state index in [9.17, 15) is 4.79 Å². The fourth-order valence-electron chi connectivity index (χ4n) is 3.13. The maximum absolute atomic E-state index is 11.9. The first-order valence-corrected chi connectivity index (χ1v) is 7.29. The topological polar surface area (TPSA) is 55.1 Å². The molecule has 1 unspecified atom stereocenters. The highest BCUT2D eigenvalue weighted by Crippen LogP contribution is 2.30. The molecule has 3 N–H and O–H groups in total. The number of hydrogen-bond donors (Lipinski definition) is 2. The summed E-state index contributed by atoms with van der Waals surface area (Å²) in [6.45, 7) is 0.598. The van der Waals surface area contributed by atoms with Crippen molar-refractivity contribution >= 4 is 18.3 Å². The Kier molecular flexibility index (Phi) is 7.02. The predicted octanol–water partition coefficient (Wildman–Crippen LogP) is 2.62. The number of hydrogen-bond acceptors (Lipinski definition) is 2. The molecule has 4 heteroatoms. The summed E-state index contributed by atoms with van der Waals surface area (Å²) in [6, 6.07) is 0.225. The number of carbonyl (C=O) groups is 1. The number of amides is 1. The van der Waals surface area contributed by atoms with Crippen molar-refractivity contribution in [2.45, 2.75) is 63.8 Å². The quantitative estimate of drug-likeness (QED) is 0.810. The van der Waals surface area contributed by atoms with Gasteiger partial charge in [-0.15, -0.1) is 12.4 Å². The molecule has 0 aromatic heterocycles. The molecule has 18 heavy (non-hydrogen) atoms. The minimum absolute atomic E-state index is 0. The van der Waals surface area contributed by atoms with Crippen LogP contribution in [-0.2, 0) is 4.79 Å². The fraction of sp³-hybridized carbons (Fsp3) is 0.929. The average Bonchev–Trinajstić information content (AvgIpc) is 2.32. The normalized spacial score (nSPS) is 22.7. The first-order valence-electron chi connectivity index (χ1n) is 7.29. The first-order chi connectivity index (χ1) is 8.29. The van der Waals surface area contributed by atoms with Gasteiger partial charge in [0.2, 0.25) is 5.91 Å². The molecule has 0 aliphatic heterocycles. The van der Waals surface area contributed by atoms with E-state index < -0.39 is 0 Å². The van der Waals surface area contributed by atoms with Crippen LogP contribution in [0.25, 0.3) is 0 Å². The van der Waals surface area contributed by atoms with Gasteiger partial charge in [-0.3, -0.25) is 4.79 Å². The van der Waals surface area contributed by atoms with Crippen LogP contribution in [0, 0.1) is 11.8 Å². The Hall–Kier alpha value is -0.280. The third kappa shape index (κ3) is 4.43. The van der Waals surface area contributed by atoms with Crippen LogP contribution >= 0.6 is 12.4 Å². The molecule has 3 nitrogen and oxygen atoms in total. The van der Waals surface area contributed by atoms with E-state index in [1.54, 1.807) is 0 Å². The van der Waals surface area contributed by atoms with Gasteiger partial charge in [-0.2, -0.15) is 0 Å². The van der Waals surface area contributed by atoms with Gasteiger partial charge in [0.05, 0.1) is 0 Å². The van der Waals surface area contributed by atoms with E-state index in [4.69, 9.17) is 5.73 Å². The van der Waals surface area contributed by atoms with Gasteiger partial charge < -0.3 is 11.1 Å². The van der Waals surface area contributed by atoms with Crippen LogP contribution in [0.1, 0.15) is 57.8 Å². The highest BCUT2D eigenvalue weighted by atomic mass is 35.5. The lowest BCUT2D eigenvalue weighted by Crippen LogP contribution is -2.46. The number of halogens is 1. The third-order valence-corrected chi connectivity index (χ3v) is 4.52. The third-order valence-electron chi connectivity index (χ3n) is 4.52. The Morgan fingerprint density at radius 2 is 1.78 bits per heavy atom. The molecular formula is C14H27ClN2O. The molecule has 0 aromatic rings. The van der Waals surface area contributed by atoms with Crippen molar-refractivity contribution in [3.8, 4) is 0 Å². The largest absolute Gasteiger partial charge is 0.352 e. The zero-order chi connectivity index (χ0) is 12.1. The molecule has 1 amide bonds. The summed E-state index contributed by atoms with van der Waals surface area (Å²) in [5.41, 5.74) is 5.81. The van der Waals surface area contributed by atoms with Crippen LogP contribution < -0.4 is 11.1 Å². The van der Waals surface area contributed by atoms with Crippen LogP contribution in [0.5, 0.6) is 0 Å². The zero-order valence-corrected chi connectivity index (χ0v) is 12.0. The van der Waals surface area contributed by atoms with E-state index in [1.807, 2.05) is 0 Å². The lowest BCUT2D eigenvalue weighted by atomic mass is 9.82. The summed E-state index contributed by atoms with van der Waals surface area (Å²) in [7, 11) is 0. The maximum atomic E-state index is 11.9. The predicted molar refractivity (Wildman–Crippen MR) is 76.8 cm³/mol. The van der Waals surface area contributed by atoms with Gasteiger partial charge in [0, 0.05) is 19.0 Å². The van der Waals surface area contributed by atoms with Gasteiger partial charge >= 0.3 is 0 Å². The summed E-state index contributed by atoms with van der Waals surface area (Å²) in [4.78, 5) is 11.9. The molecule has 0 heterocycles. The minimum atomic E-state index is 0. The second-order valence-electron chi connectivity index (χ2n) is 5.81. The molecule has 2 aliphatic rings. The van der Waals surface area contributed by atoms with Crippen molar-refractivity contribution in [2.75, 3.05) is 6.54 Å². The van der Waals surface area contributed by atoms with Gasteiger partial charge in [0.15, 0.2) is 0 Å². The molecule has 2 saturated carbocycles. The van der Waals surface area contributed by atoms with E-state index in [0.29, 0.717) is 18.4 Å². The van der Waals surface area contributed by atoms with Crippen molar-refractivity contribution in [3.05, 3.63) is 0 Å². The van der Waals surface area contributed by atoms with E-state index in [1.165, 1.54) is 51.4 Å². The summed E-state index contributed by atoms with van der Waals surface area (Å²) in [5, 5.41) is 3.17. The summed E-state index contributed by atoms with van der Waals surface area (Å²) >= 11 is 0. The summed E-state index contributed by atoms with van der Waals surface area (Å²) < 4.78 is 0. The molecule has 0 spiro atoms. The smallest absolute Gasteiger partial charge is 0.220 e. The van der Waals surface area contributed by atoms with Gasteiger partial charge in [-0.1, -0.05) is 25.7 Å². The van der Waals surface area contributed by atoms with Crippen molar-refractivity contribution in [1.29, 1.82) is 0 Å². The van der Waals surface area contributed by atoms with E-state index in [2.05, 4.69) is 5.32 Å². The van der Waals surface area contributed by atoms with E-state index in [0.717, 1.165) is 6.42 Å². The van der Waals surface area contributed by atoms with Crippen molar-refractivity contribution in [1.82, 2.24) is 5.32 Å². The summed E-state index contributed by atoms with van der Waals surface area (Å²) in [6.07, 6.45) is 11.0. The Balaban J connectivity index is 0.00000162. The van der Waals surface area contributed by atoms with Crippen molar-refractivity contribution < 1.29 is 4.79 Å². The molecule has 0 saturated heterocycles. The molecule has 2 rings (SSSR count). The van der Waals surface area contributed by atoms with Crippen LogP contribution in [0.3, 0.4) is 0 Å². The minimum Gasteiger partial charge on any atom is -0.352 e. The van der Waals surface area contributed by atoms with Crippen LogP contribution in [0.4, 0.5) is 0 Å². The molecule has 2 fully saturated rings. The Bertz CT molecular complexity index is 250. The van der Waals surface area contributed by atoms with E-state index in [-0.39, 0.29) is 24.4 Å². The van der Waals surface area contributed by atoms with Gasteiger partial charge in [-0.05, 0) is 37.5 Å². The lowest BCUT2D eigenvalue weighted by molar-refractivity contribution is -0.123. The second kappa shape index (κ2) is 8.00. The Morgan fingerprint density at radius 1 is 1.11 bits per heavy atom. The fourth-order valence-corrected chi connectivity index (χ4v) is 3.13. The monoisotopic (exact) mass is 274 g/mol. The highest BCUT2D eigenvalue weighted by molar-refractivity contribution is 5.85. The van der Waals surface area contributed by atoms with Crippen LogP contribution in [0.15, 0.2) is 0 Å². The SMILES string of the molecule is Cl.NCC(NC(=O)CC1CCC1)C1CCCCC1. The van der Waals surface area contributed by atoms with Gasteiger partial charge in [0.1, 0.15) is 0 Å². The maximum Gasteiger partial charge on any atom is 0.220 e. The lowest BCUT2D eigenvalue weighted by Gasteiger charge is -2.31. The Morgan fingerprint density at radius 3 is 2.28 bits per heavy atom. The Labute approximate surface area is 117 Å². The van der Waals surface area contributed by atoms with E-state index >= 15 is 0 Å². The van der Waals surface area contributed by atoms with Gasteiger partial charge in [0.25, 0.3) is 0 Å². The van der Waals surface area contributed by atoms with Crippen LogP contribution in [0.2, 0.25) is 0 Å². The molecule has 106 valence electrons. The number of rotatable bonds is 5. The van der Waals surface area contributed by atoms with Crippen LogP contribution in [-0.4, -0.2) is 18.5 Å². The van der Waals surface area contributed by atoms with Crippen molar-refractivity contribution in [3.63, 3.8) is 0 Å². The second-order valence-corrected chi connectivity index (χ2v) is 5.81. The number of nitrogens with two attached hydrogens (primary N) is 1. The first kappa shape index (κ1) is 15.8. The molecule has 1 atom stereocenters. The number of nitrogens with one attached hydrogen (secondary N) is 1. The molecular weight excluding hydrogens is 248 g/mol. The average molecular weight is 275 g/mol. The number of carbonyl (C=O) groups excluding carboxylic acids is 1. The highest BCUT2D eigenvalue weighted by Gasteiger charge is 2.26.